The zero-order chi connectivity index (χ0) is 30.7. The second-order valence-corrected chi connectivity index (χ2v) is 12.9. The van der Waals surface area contributed by atoms with E-state index >= 15 is 0 Å². The lowest BCUT2D eigenvalue weighted by molar-refractivity contribution is -0.150. The van der Waals surface area contributed by atoms with Gasteiger partial charge in [0.05, 0.1) is 40.6 Å². The number of aliphatic hydroxyl groups is 4. The largest absolute Gasteiger partial charge is 0.394 e. The van der Waals surface area contributed by atoms with Crippen LogP contribution in [-0.4, -0.2) is 77.6 Å². The molecule has 0 heterocycles. The van der Waals surface area contributed by atoms with Gasteiger partial charge in [0.2, 0.25) is 0 Å². The molecule has 1 fully saturated rings. The predicted molar refractivity (Wildman–Crippen MR) is 144 cm³/mol. The van der Waals surface area contributed by atoms with Crippen molar-refractivity contribution in [3.63, 3.8) is 0 Å². The molecular formula is C27H33ClF3NO8S. The lowest BCUT2D eigenvalue weighted by Gasteiger charge is -2.47. The molecule has 1 aliphatic rings. The van der Waals surface area contributed by atoms with E-state index in [9.17, 15) is 41.7 Å². The van der Waals surface area contributed by atoms with Crippen molar-refractivity contribution < 1.29 is 51.5 Å². The minimum atomic E-state index is -4.15. The molecule has 2 aromatic rings. The molecule has 5 N–H and O–H groups in total. The third-order valence-electron chi connectivity index (χ3n) is 7.65. The van der Waals surface area contributed by atoms with Crippen molar-refractivity contribution in [3.05, 3.63) is 58.4 Å². The molecule has 6 atom stereocenters. The van der Waals surface area contributed by atoms with Gasteiger partial charge in [-0.2, -0.15) is 0 Å². The Hall–Kier alpha value is -2.26. The van der Waals surface area contributed by atoms with Crippen LogP contribution in [-0.2, 0) is 14.6 Å². The highest BCUT2D eigenvalue weighted by Crippen LogP contribution is 2.44. The highest BCUT2D eigenvalue weighted by atomic mass is 35.5. The van der Waals surface area contributed by atoms with E-state index in [0.29, 0.717) is 18.6 Å². The number of hydrogen-bond donors (Lipinski definition) is 5. The minimum Gasteiger partial charge on any atom is -0.394 e. The number of amides is 1. The second kappa shape index (κ2) is 13.4. The van der Waals surface area contributed by atoms with Crippen molar-refractivity contribution in [2.45, 2.75) is 61.1 Å². The van der Waals surface area contributed by atoms with E-state index in [1.807, 2.05) is 0 Å². The van der Waals surface area contributed by atoms with Crippen LogP contribution in [0.25, 0.3) is 0 Å². The number of hydrogen-bond acceptors (Lipinski definition) is 8. The fourth-order valence-corrected chi connectivity index (χ4v) is 7.56. The van der Waals surface area contributed by atoms with E-state index in [0.717, 1.165) is 6.07 Å². The highest BCUT2D eigenvalue weighted by molar-refractivity contribution is 7.92. The molecule has 0 bridgehead atoms. The number of rotatable bonds is 11. The maximum Gasteiger partial charge on any atom is 0.255 e. The molecule has 9 nitrogen and oxygen atoms in total. The van der Waals surface area contributed by atoms with Gasteiger partial charge in [-0.1, -0.05) is 31.9 Å². The second-order valence-electron chi connectivity index (χ2n) is 10.3. The molecule has 0 aliphatic heterocycles. The molecule has 0 saturated heterocycles. The number of halogens is 4. The van der Waals surface area contributed by atoms with Gasteiger partial charge in [0.15, 0.2) is 27.3 Å². The molecule has 0 spiro atoms. The van der Waals surface area contributed by atoms with Crippen molar-refractivity contribution in [1.82, 2.24) is 0 Å². The molecule has 228 valence electrons. The SMILES string of the molecule is CCC1C[C@@H](S(=O)(=O)c2cc(C(=O)Nc3cc(F)c(F)c(F)c3)ccc2Cl)C[C@H](C)[C@@]1(O)COC[C@H](O)[C@H](O)CO. The molecule has 0 radical (unpaired) electrons. The number of benzene rings is 2. The number of anilines is 1. The third kappa shape index (κ3) is 7.22. The highest BCUT2D eigenvalue weighted by Gasteiger charge is 2.50. The summed E-state index contributed by atoms with van der Waals surface area (Å²) < 4.78 is 73.3. The Morgan fingerprint density at radius 3 is 2.37 bits per heavy atom. The molecule has 41 heavy (non-hydrogen) atoms. The molecule has 1 amide bonds. The van der Waals surface area contributed by atoms with Gasteiger partial charge >= 0.3 is 0 Å². The average molecular weight is 624 g/mol. The van der Waals surface area contributed by atoms with E-state index in [1.165, 1.54) is 12.1 Å². The lowest BCUT2D eigenvalue weighted by atomic mass is 9.68. The Bertz CT molecular complexity index is 1340. The predicted octanol–water partition coefficient (Wildman–Crippen LogP) is 3.07. The molecule has 1 aliphatic carbocycles. The zero-order valence-electron chi connectivity index (χ0n) is 22.4. The van der Waals surface area contributed by atoms with Crippen LogP contribution in [0.15, 0.2) is 35.2 Å². The van der Waals surface area contributed by atoms with Crippen LogP contribution in [0.3, 0.4) is 0 Å². The summed E-state index contributed by atoms with van der Waals surface area (Å²) in [6.07, 6.45) is -2.35. The van der Waals surface area contributed by atoms with Crippen molar-refractivity contribution in [2.75, 3.05) is 25.1 Å². The van der Waals surface area contributed by atoms with Crippen LogP contribution >= 0.6 is 11.6 Å². The summed E-state index contributed by atoms with van der Waals surface area (Å²) in [6, 6.07) is 4.64. The summed E-state index contributed by atoms with van der Waals surface area (Å²) in [5.41, 5.74) is -2.00. The van der Waals surface area contributed by atoms with Gasteiger partial charge in [-0.05, 0) is 42.9 Å². The number of carbonyl (C=O) groups is 1. The monoisotopic (exact) mass is 623 g/mol. The van der Waals surface area contributed by atoms with Gasteiger partial charge in [-0.3, -0.25) is 4.79 Å². The van der Waals surface area contributed by atoms with Crippen LogP contribution < -0.4 is 5.32 Å². The fourth-order valence-electron chi connectivity index (χ4n) is 5.10. The Morgan fingerprint density at radius 1 is 1.15 bits per heavy atom. The van der Waals surface area contributed by atoms with Crippen LogP contribution in [0.2, 0.25) is 5.02 Å². The molecule has 14 heteroatoms. The molecule has 1 unspecified atom stereocenters. The number of sulfone groups is 1. The Morgan fingerprint density at radius 2 is 1.78 bits per heavy atom. The van der Waals surface area contributed by atoms with E-state index in [4.69, 9.17) is 21.4 Å². The van der Waals surface area contributed by atoms with Crippen molar-refractivity contribution in [1.29, 1.82) is 0 Å². The topological polar surface area (TPSA) is 153 Å². The molecular weight excluding hydrogens is 591 g/mol. The van der Waals surface area contributed by atoms with Gasteiger partial charge in [-0.25, -0.2) is 21.6 Å². The van der Waals surface area contributed by atoms with Crippen LogP contribution in [0.1, 0.15) is 43.5 Å². The zero-order valence-corrected chi connectivity index (χ0v) is 23.9. The van der Waals surface area contributed by atoms with E-state index in [1.54, 1.807) is 13.8 Å². The first-order valence-corrected chi connectivity index (χ1v) is 14.8. The number of carbonyl (C=O) groups excluding carboxylic acids is 1. The van der Waals surface area contributed by atoms with Gasteiger partial charge in [0.1, 0.15) is 12.2 Å². The summed E-state index contributed by atoms with van der Waals surface area (Å²) in [5, 5.41) is 40.8. The number of ether oxygens (including phenoxy) is 1. The number of nitrogens with one attached hydrogen (secondary N) is 1. The smallest absolute Gasteiger partial charge is 0.255 e. The average Bonchev–Trinajstić information content (AvgIpc) is 2.92. The maximum absolute atomic E-state index is 13.7. The minimum absolute atomic E-state index is 0.0153. The van der Waals surface area contributed by atoms with Crippen LogP contribution in [0.4, 0.5) is 18.9 Å². The standard InChI is InChI=1S/C27H33ClF3NO8S/c1-3-16-8-18(6-14(2)27(16,37)13-40-12-23(35)22(34)11-33)41(38,39)24-7-15(4-5-19(24)28)26(36)32-17-9-20(29)25(31)21(30)10-17/h4-5,7,9-10,14,16,18,22-23,33-35,37H,3,6,8,11-13H2,1-2H3,(H,32,36)/t14-,16?,18-,22+,23-,27-/m0/s1. The summed E-state index contributed by atoms with van der Waals surface area (Å²) >= 11 is 6.24. The van der Waals surface area contributed by atoms with Crippen molar-refractivity contribution in [3.8, 4) is 0 Å². The molecule has 3 rings (SSSR count). The quantitative estimate of drug-likeness (QED) is 0.239. The van der Waals surface area contributed by atoms with Crippen molar-refractivity contribution in [2.24, 2.45) is 11.8 Å². The Labute approximate surface area is 240 Å². The van der Waals surface area contributed by atoms with Crippen LogP contribution in [0.5, 0.6) is 0 Å². The van der Waals surface area contributed by atoms with Gasteiger partial charge < -0.3 is 30.5 Å². The summed E-state index contributed by atoms with van der Waals surface area (Å²) in [6.45, 7) is 2.18. The van der Waals surface area contributed by atoms with E-state index < -0.39 is 74.7 Å². The normalized spacial score (nSPS) is 24.6. The molecule has 1 saturated carbocycles. The first-order valence-electron chi connectivity index (χ1n) is 12.9. The van der Waals surface area contributed by atoms with Crippen molar-refractivity contribution >= 4 is 33.0 Å². The third-order valence-corrected chi connectivity index (χ3v) is 10.3. The summed E-state index contributed by atoms with van der Waals surface area (Å²) in [4.78, 5) is 12.4. The van der Waals surface area contributed by atoms with Gasteiger partial charge in [0, 0.05) is 23.4 Å². The molecule has 0 aromatic heterocycles. The summed E-state index contributed by atoms with van der Waals surface area (Å²) in [5.74, 6) is -6.77. The van der Waals surface area contributed by atoms with Gasteiger partial charge in [0.25, 0.3) is 5.91 Å². The Kier molecular flexibility index (Phi) is 10.8. The first-order chi connectivity index (χ1) is 19.1. The van der Waals surface area contributed by atoms with E-state index in [2.05, 4.69) is 5.32 Å². The van der Waals surface area contributed by atoms with E-state index in [-0.39, 0.29) is 47.2 Å². The van der Waals surface area contributed by atoms with Crippen LogP contribution in [0, 0.1) is 29.3 Å². The first kappa shape index (κ1) is 33.2. The molecule has 2 aromatic carbocycles. The maximum atomic E-state index is 13.7. The number of aliphatic hydroxyl groups excluding tert-OH is 3. The fraction of sp³-hybridized carbons (Fsp3) is 0.519. The summed E-state index contributed by atoms with van der Waals surface area (Å²) in [7, 11) is -4.15. The van der Waals surface area contributed by atoms with Gasteiger partial charge in [-0.15, -0.1) is 0 Å². The Balaban J connectivity index is 1.80. The lowest BCUT2D eigenvalue weighted by Crippen LogP contribution is -2.55.